The number of nitrogens with one attached hydrogen (secondary N) is 1. The molecule has 3 aromatic rings. The van der Waals surface area contributed by atoms with Crippen LogP contribution in [0.25, 0.3) is 5.69 Å². The molecule has 3 heterocycles. The molecular weight excluding hydrogens is 390 g/mol. The number of pyridine rings is 1. The van der Waals surface area contributed by atoms with Crippen LogP contribution in [0.15, 0.2) is 48.7 Å². The number of hydrogen-bond acceptors (Lipinski definition) is 5. The molecule has 31 heavy (non-hydrogen) atoms. The Bertz CT molecular complexity index is 1010. The molecule has 1 aliphatic heterocycles. The summed E-state index contributed by atoms with van der Waals surface area (Å²) in [6.07, 6.45) is 3.00. The number of amides is 1. The molecule has 7 nitrogen and oxygen atoms in total. The van der Waals surface area contributed by atoms with Gasteiger partial charge in [-0.3, -0.25) is 4.79 Å². The van der Waals surface area contributed by atoms with Gasteiger partial charge in [0.15, 0.2) is 0 Å². The lowest BCUT2D eigenvalue weighted by atomic mass is 10.1. The second kappa shape index (κ2) is 9.75. The maximum atomic E-state index is 12.3. The predicted molar refractivity (Wildman–Crippen MR) is 120 cm³/mol. The van der Waals surface area contributed by atoms with Crippen LogP contribution < -0.4 is 10.2 Å². The zero-order valence-corrected chi connectivity index (χ0v) is 18.2. The highest BCUT2D eigenvalue weighted by Gasteiger charge is 2.12. The van der Waals surface area contributed by atoms with Crippen molar-refractivity contribution >= 4 is 11.7 Å². The highest BCUT2D eigenvalue weighted by molar-refractivity contribution is 5.76. The number of nitrogens with zero attached hydrogens (tertiary/aromatic N) is 4. The summed E-state index contributed by atoms with van der Waals surface area (Å²) < 4.78 is 7.31. The first kappa shape index (κ1) is 21.1. The Balaban J connectivity index is 1.23. The van der Waals surface area contributed by atoms with E-state index in [1.54, 1.807) is 0 Å². The summed E-state index contributed by atoms with van der Waals surface area (Å²) in [5.41, 5.74) is 5.28. The van der Waals surface area contributed by atoms with Gasteiger partial charge in [-0.25, -0.2) is 9.67 Å². The van der Waals surface area contributed by atoms with Crippen molar-refractivity contribution in [1.82, 2.24) is 20.1 Å². The van der Waals surface area contributed by atoms with Crippen molar-refractivity contribution in [1.29, 1.82) is 0 Å². The number of benzene rings is 1. The molecule has 1 aromatic carbocycles. The first-order valence-electron chi connectivity index (χ1n) is 10.8. The third-order valence-corrected chi connectivity index (χ3v) is 5.47. The van der Waals surface area contributed by atoms with Crippen molar-refractivity contribution in [2.24, 2.45) is 0 Å². The molecule has 1 aliphatic rings. The van der Waals surface area contributed by atoms with Crippen molar-refractivity contribution in [3.8, 4) is 5.69 Å². The molecule has 1 fully saturated rings. The van der Waals surface area contributed by atoms with E-state index >= 15 is 0 Å². The van der Waals surface area contributed by atoms with Gasteiger partial charge in [0.2, 0.25) is 5.91 Å². The van der Waals surface area contributed by atoms with Crippen LogP contribution in [0, 0.1) is 13.8 Å². The smallest absolute Gasteiger partial charge is 0.220 e. The van der Waals surface area contributed by atoms with Crippen molar-refractivity contribution in [2.45, 2.75) is 33.2 Å². The molecule has 0 saturated carbocycles. The normalized spacial score (nSPS) is 13.9. The molecule has 0 unspecified atom stereocenters. The molecule has 0 radical (unpaired) electrons. The lowest BCUT2D eigenvalue weighted by Gasteiger charge is -2.27. The highest BCUT2D eigenvalue weighted by atomic mass is 16.5. The first-order chi connectivity index (χ1) is 15.1. The quantitative estimate of drug-likeness (QED) is 0.638. The fourth-order valence-electron chi connectivity index (χ4n) is 3.74. The van der Waals surface area contributed by atoms with Gasteiger partial charge in [0.05, 0.1) is 24.6 Å². The number of rotatable bonds is 7. The number of carbonyl (C=O) groups excluding carboxylic acids is 1. The van der Waals surface area contributed by atoms with E-state index in [9.17, 15) is 4.79 Å². The molecule has 2 aromatic heterocycles. The minimum atomic E-state index is 0.0416. The largest absolute Gasteiger partial charge is 0.378 e. The van der Waals surface area contributed by atoms with Gasteiger partial charge < -0.3 is 15.0 Å². The van der Waals surface area contributed by atoms with Gasteiger partial charge in [0, 0.05) is 37.9 Å². The van der Waals surface area contributed by atoms with Gasteiger partial charge in [0.25, 0.3) is 0 Å². The standard InChI is InChI=1S/C24H29N5O2/c1-18-15-19(2)29(27-18)22-7-3-20(4-8-22)6-10-24(30)26-17-21-5-9-23(25-16-21)28-11-13-31-14-12-28/h3-5,7-9,15-16H,6,10-14,17H2,1-2H3,(H,26,30). The minimum Gasteiger partial charge on any atom is -0.378 e. The third kappa shape index (κ3) is 5.49. The van der Waals surface area contributed by atoms with Crippen LogP contribution in [0.4, 0.5) is 5.82 Å². The number of aromatic nitrogens is 3. The summed E-state index contributed by atoms with van der Waals surface area (Å²) in [5.74, 6) is 1.00. The van der Waals surface area contributed by atoms with E-state index in [-0.39, 0.29) is 5.91 Å². The van der Waals surface area contributed by atoms with Gasteiger partial charge in [-0.05, 0) is 55.7 Å². The third-order valence-electron chi connectivity index (χ3n) is 5.47. The number of anilines is 1. The molecule has 4 rings (SSSR count). The summed E-state index contributed by atoms with van der Waals surface area (Å²) in [7, 11) is 0. The van der Waals surface area contributed by atoms with Crippen LogP contribution in [0.3, 0.4) is 0 Å². The zero-order chi connectivity index (χ0) is 21.6. The predicted octanol–water partition coefficient (Wildman–Crippen LogP) is 2.97. The average Bonchev–Trinajstić information content (AvgIpc) is 3.15. The van der Waals surface area contributed by atoms with Crippen molar-refractivity contribution in [2.75, 3.05) is 31.2 Å². The van der Waals surface area contributed by atoms with E-state index in [1.165, 1.54) is 0 Å². The molecule has 162 valence electrons. The summed E-state index contributed by atoms with van der Waals surface area (Å²) in [6, 6.07) is 14.3. The van der Waals surface area contributed by atoms with Crippen LogP contribution in [0.5, 0.6) is 0 Å². The van der Waals surface area contributed by atoms with Crippen LogP contribution >= 0.6 is 0 Å². The van der Waals surface area contributed by atoms with Crippen molar-refractivity contribution in [3.05, 3.63) is 71.2 Å². The van der Waals surface area contributed by atoms with Gasteiger partial charge in [-0.2, -0.15) is 5.10 Å². The summed E-state index contributed by atoms with van der Waals surface area (Å²) in [4.78, 5) is 19.0. The Morgan fingerprint density at radius 1 is 1.06 bits per heavy atom. The van der Waals surface area contributed by atoms with Gasteiger partial charge in [-0.15, -0.1) is 0 Å². The number of morpholine rings is 1. The molecule has 0 spiro atoms. The van der Waals surface area contributed by atoms with Gasteiger partial charge in [-0.1, -0.05) is 18.2 Å². The average molecular weight is 420 g/mol. The Hall–Kier alpha value is -3.19. The molecule has 1 N–H and O–H groups in total. The van der Waals surface area contributed by atoms with Gasteiger partial charge in [0.1, 0.15) is 5.82 Å². The fourth-order valence-corrected chi connectivity index (χ4v) is 3.74. The molecule has 0 atom stereocenters. The van der Waals surface area contributed by atoms with E-state index in [4.69, 9.17) is 4.74 Å². The summed E-state index contributed by atoms with van der Waals surface area (Å²) >= 11 is 0. The monoisotopic (exact) mass is 419 g/mol. The maximum Gasteiger partial charge on any atom is 0.220 e. The van der Waals surface area contributed by atoms with Crippen LogP contribution in [0.2, 0.25) is 0 Å². The number of hydrogen-bond donors (Lipinski definition) is 1. The van der Waals surface area contributed by atoms with Crippen LogP contribution in [-0.2, 0) is 22.5 Å². The lowest BCUT2D eigenvalue weighted by Crippen LogP contribution is -2.36. The van der Waals surface area contributed by atoms with Crippen LogP contribution in [0.1, 0.15) is 28.9 Å². The Morgan fingerprint density at radius 3 is 2.45 bits per heavy atom. The topological polar surface area (TPSA) is 72.3 Å². The summed E-state index contributed by atoms with van der Waals surface area (Å²) in [6.45, 7) is 7.74. The zero-order valence-electron chi connectivity index (χ0n) is 18.2. The van der Waals surface area contributed by atoms with E-state index in [0.717, 1.165) is 60.3 Å². The lowest BCUT2D eigenvalue weighted by molar-refractivity contribution is -0.121. The van der Waals surface area contributed by atoms with Crippen molar-refractivity contribution < 1.29 is 9.53 Å². The van der Waals surface area contributed by atoms with Crippen LogP contribution in [-0.4, -0.2) is 47.0 Å². The van der Waals surface area contributed by atoms with Gasteiger partial charge >= 0.3 is 0 Å². The van der Waals surface area contributed by atoms with Crippen molar-refractivity contribution in [3.63, 3.8) is 0 Å². The number of aryl methyl sites for hydroxylation is 3. The van der Waals surface area contributed by atoms with E-state index in [0.29, 0.717) is 19.4 Å². The Kier molecular flexibility index (Phi) is 6.62. The second-order valence-corrected chi connectivity index (χ2v) is 7.91. The fraction of sp³-hybridized carbons (Fsp3) is 0.375. The van der Waals surface area contributed by atoms with E-state index in [2.05, 4.69) is 38.5 Å². The van der Waals surface area contributed by atoms with E-state index in [1.807, 2.05) is 49.0 Å². The molecule has 0 bridgehead atoms. The Morgan fingerprint density at radius 2 is 1.81 bits per heavy atom. The highest BCUT2D eigenvalue weighted by Crippen LogP contribution is 2.15. The first-order valence-corrected chi connectivity index (χ1v) is 10.8. The second-order valence-electron chi connectivity index (χ2n) is 7.91. The molecular formula is C24H29N5O2. The molecule has 0 aliphatic carbocycles. The molecule has 1 saturated heterocycles. The Labute approximate surface area is 183 Å². The molecule has 7 heteroatoms. The SMILES string of the molecule is Cc1cc(C)n(-c2ccc(CCC(=O)NCc3ccc(N4CCOCC4)nc3)cc2)n1. The van der Waals surface area contributed by atoms with E-state index < -0.39 is 0 Å². The minimum absolute atomic E-state index is 0.0416. The maximum absolute atomic E-state index is 12.3. The number of carbonyl (C=O) groups is 1. The molecule has 1 amide bonds. The summed E-state index contributed by atoms with van der Waals surface area (Å²) in [5, 5.41) is 7.50. The number of ether oxygens (including phenoxy) is 1.